The minimum Gasteiger partial charge on any atom is -0.352 e. The monoisotopic (exact) mass is 297 g/mol. The van der Waals surface area contributed by atoms with Crippen molar-refractivity contribution in [3.8, 4) is 0 Å². The smallest absolute Gasteiger partial charge is 0.352 e. The Labute approximate surface area is 121 Å². The summed E-state index contributed by atoms with van der Waals surface area (Å²) >= 11 is 0. The number of alkyl halides is 3. The highest BCUT2D eigenvalue weighted by atomic mass is 19.4. The van der Waals surface area contributed by atoms with Crippen LogP contribution >= 0.6 is 0 Å². The zero-order valence-electron chi connectivity index (χ0n) is 11.6. The molecule has 3 rings (SSSR count). The Balaban J connectivity index is 1.54. The van der Waals surface area contributed by atoms with E-state index in [1.807, 2.05) is 0 Å². The molecule has 2 aliphatic rings. The van der Waals surface area contributed by atoms with Gasteiger partial charge in [0.1, 0.15) is 0 Å². The first-order valence-corrected chi connectivity index (χ1v) is 7.37. The van der Waals surface area contributed by atoms with Crippen molar-refractivity contribution in [3.63, 3.8) is 0 Å². The van der Waals surface area contributed by atoms with Crippen LogP contribution in [0.3, 0.4) is 0 Å². The maximum absolute atomic E-state index is 12.5. The number of halogens is 3. The van der Waals surface area contributed by atoms with Crippen molar-refractivity contribution in [3.05, 3.63) is 35.4 Å². The molecule has 0 spiro atoms. The summed E-state index contributed by atoms with van der Waals surface area (Å²) in [4.78, 5) is 12.1. The van der Waals surface area contributed by atoms with Crippen molar-refractivity contribution in [2.45, 2.75) is 38.4 Å². The molecule has 0 saturated heterocycles. The average Bonchev–Trinajstić information content (AvgIpc) is 3.07. The fourth-order valence-corrected chi connectivity index (χ4v) is 3.70. The van der Waals surface area contributed by atoms with Gasteiger partial charge in [-0.1, -0.05) is 18.6 Å². The Morgan fingerprint density at radius 2 is 1.86 bits per heavy atom. The van der Waals surface area contributed by atoms with Crippen LogP contribution in [0.5, 0.6) is 0 Å². The summed E-state index contributed by atoms with van der Waals surface area (Å²) < 4.78 is 37.4. The van der Waals surface area contributed by atoms with Crippen LogP contribution in [0, 0.1) is 17.8 Å². The van der Waals surface area contributed by atoms with Crippen molar-refractivity contribution < 1.29 is 18.0 Å². The van der Waals surface area contributed by atoms with Crippen LogP contribution in [0.15, 0.2) is 24.3 Å². The van der Waals surface area contributed by atoms with E-state index in [2.05, 4.69) is 5.32 Å². The summed E-state index contributed by atoms with van der Waals surface area (Å²) in [6, 6.07) is 4.95. The van der Waals surface area contributed by atoms with E-state index in [1.165, 1.54) is 25.0 Å². The summed E-state index contributed by atoms with van der Waals surface area (Å²) in [6.45, 7) is 0.296. The zero-order chi connectivity index (χ0) is 15.0. The van der Waals surface area contributed by atoms with Crippen molar-refractivity contribution >= 4 is 5.91 Å². The molecule has 0 heterocycles. The maximum atomic E-state index is 12.5. The topological polar surface area (TPSA) is 29.1 Å². The predicted molar refractivity (Wildman–Crippen MR) is 72.2 cm³/mol. The minimum atomic E-state index is -4.31. The Morgan fingerprint density at radius 1 is 1.14 bits per heavy atom. The number of fused-ring (bicyclic) bond motifs is 2. The van der Waals surface area contributed by atoms with E-state index in [9.17, 15) is 18.0 Å². The first-order chi connectivity index (χ1) is 9.93. The molecule has 2 aliphatic carbocycles. The van der Waals surface area contributed by atoms with Gasteiger partial charge in [-0.25, -0.2) is 0 Å². The number of benzene rings is 1. The Hall–Kier alpha value is -1.52. The van der Waals surface area contributed by atoms with Crippen LogP contribution in [0.25, 0.3) is 0 Å². The lowest BCUT2D eigenvalue weighted by Gasteiger charge is -2.20. The number of nitrogens with one attached hydrogen (secondary N) is 1. The molecule has 2 saturated carbocycles. The van der Waals surface area contributed by atoms with Gasteiger partial charge in [0.25, 0.3) is 0 Å². The normalized spacial score (nSPS) is 27.9. The molecule has 1 aromatic carbocycles. The van der Waals surface area contributed by atoms with Crippen molar-refractivity contribution in [2.75, 3.05) is 0 Å². The Bertz CT molecular complexity index is 523. The van der Waals surface area contributed by atoms with Crippen LogP contribution in [0.4, 0.5) is 13.2 Å². The first-order valence-electron chi connectivity index (χ1n) is 7.37. The van der Waals surface area contributed by atoms with Crippen LogP contribution in [-0.2, 0) is 17.5 Å². The fraction of sp³-hybridized carbons (Fsp3) is 0.562. The molecule has 0 aromatic heterocycles. The molecular formula is C16H18F3NO. The van der Waals surface area contributed by atoms with Crippen molar-refractivity contribution in [1.29, 1.82) is 0 Å². The predicted octanol–water partition coefficient (Wildman–Crippen LogP) is 3.76. The van der Waals surface area contributed by atoms with E-state index >= 15 is 0 Å². The molecule has 1 amide bonds. The average molecular weight is 297 g/mol. The van der Waals surface area contributed by atoms with Gasteiger partial charge in [0.2, 0.25) is 5.91 Å². The fourth-order valence-electron chi connectivity index (χ4n) is 3.70. The number of carbonyl (C=O) groups is 1. The lowest BCUT2D eigenvalue weighted by Crippen LogP contribution is -2.33. The van der Waals surface area contributed by atoms with Gasteiger partial charge in [-0.3, -0.25) is 4.79 Å². The van der Waals surface area contributed by atoms with Crippen LogP contribution < -0.4 is 5.32 Å². The van der Waals surface area contributed by atoms with E-state index in [-0.39, 0.29) is 11.8 Å². The first kappa shape index (κ1) is 14.4. The van der Waals surface area contributed by atoms with Crippen LogP contribution in [-0.4, -0.2) is 5.91 Å². The van der Waals surface area contributed by atoms with E-state index in [0.29, 0.717) is 23.9 Å². The molecule has 0 radical (unpaired) electrons. The third kappa shape index (κ3) is 3.06. The van der Waals surface area contributed by atoms with Gasteiger partial charge in [-0.05, 0) is 48.8 Å². The third-order valence-electron chi connectivity index (χ3n) is 4.82. The van der Waals surface area contributed by atoms with Crippen molar-refractivity contribution in [2.24, 2.45) is 17.8 Å². The van der Waals surface area contributed by atoms with E-state index in [0.717, 1.165) is 25.0 Å². The second kappa shape index (κ2) is 5.35. The van der Waals surface area contributed by atoms with E-state index < -0.39 is 11.7 Å². The molecule has 3 atom stereocenters. The van der Waals surface area contributed by atoms with E-state index in [4.69, 9.17) is 0 Å². The molecule has 2 nitrogen and oxygen atoms in total. The lowest BCUT2D eigenvalue weighted by molar-refractivity contribution is -0.137. The molecule has 2 bridgehead atoms. The van der Waals surface area contributed by atoms with Gasteiger partial charge in [-0.2, -0.15) is 13.2 Å². The van der Waals surface area contributed by atoms with Gasteiger partial charge >= 0.3 is 6.18 Å². The highest BCUT2D eigenvalue weighted by Gasteiger charge is 2.42. The Morgan fingerprint density at radius 3 is 2.38 bits per heavy atom. The summed E-state index contributed by atoms with van der Waals surface area (Å²) in [5.41, 5.74) is 0.0326. The van der Waals surface area contributed by atoms with Gasteiger partial charge in [0.05, 0.1) is 5.56 Å². The highest BCUT2D eigenvalue weighted by molar-refractivity contribution is 5.79. The quantitative estimate of drug-likeness (QED) is 0.904. The van der Waals surface area contributed by atoms with Crippen LogP contribution in [0.1, 0.15) is 36.8 Å². The molecule has 21 heavy (non-hydrogen) atoms. The molecule has 0 aliphatic heterocycles. The van der Waals surface area contributed by atoms with Gasteiger partial charge in [-0.15, -0.1) is 0 Å². The summed E-state index contributed by atoms with van der Waals surface area (Å²) in [5.74, 6) is 1.39. The van der Waals surface area contributed by atoms with E-state index in [1.54, 1.807) is 0 Å². The number of amides is 1. The molecule has 114 valence electrons. The minimum absolute atomic E-state index is 0.0575. The molecule has 1 N–H and O–H groups in total. The summed E-state index contributed by atoms with van der Waals surface area (Å²) in [6.07, 6.45) is 0.211. The lowest BCUT2D eigenvalue weighted by atomic mass is 9.88. The molecule has 2 fully saturated rings. The second-order valence-corrected chi connectivity index (χ2v) is 6.19. The Kier molecular flexibility index (Phi) is 3.68. The maximum Gasteiger partial charge on any atom is 0.416 e. The largest absolute Gasteiger partial charge is 0.416 e. The second-order valence-electron chi connectivity index (χ2n) is 6.19. The van der Waals surface area contributed by atoms with Crippen molar-refractivity contribution in [1.82, 2.24) is 5.32 Å². The number of hydrogen-bond donors (Lipinski definition) is 1. The summed E-state index contributed by atoms with van der Waals surface area (Å²) in [5, 5.41) is 2.86. The highest BCUT2D eigenvalue weighted by Crippen LogP contribution is 2.48. The molecule has 5 heteroatoms. The molecular weight excluding hydrogens is 279 g/mol. The third-order valence-corrected chi connectivity index (χ3v) is 4.82. The van der Waals surface area contributed by atoms with Gasteiger partial charge in [0.15, 0.2) is 0 Å². The number of rotatable bonds is 3. The summed E-state index contributed by atoms with van der Waals surface area (Å²) in [7, 11) is 0. The molecule has 3 unspecified atom stereocenters. The SMILES string of the molecule is O=C(NCc1ccc(C(F)(F)F)cc1)C1CC2CCC1C2. The molecule has 1 aromatic rings. The zero-order valence-corrected chi connectivity index (χ0v) is 11.6. The standard InChI is InChI=1S/C16H18F3NO/c17-16(18,19)13-5-2-10(3-6-13)9-20-15(21)14-8-11-1-4-12(14)7-11/h2-3,5-6,11-12,14H,1,4,7-9H2,(H,20,21). The number of hydrogen-bond acceptors (Lipinski definition) is 1. The van der Waals surface area contributed by atoms with Gasteiger partial charge < -0.3 is 5.32 Å². The van der Waals surface area contributed by atoms with Crippen LogP contribution in [0.2, 0.25) is 0 Å². The van der Waals surface area contributed by atoms with Gasteiger partial charge in [0, 0.05) is 12.5 Å². The number of carbonyl (C=O) groups excluding carboxylic acids is 1.